The van der Waals surface area contributed by atoms with Crippen molar-refractivity contribution in [3.63, 3.8) is 0 Å². The van der Waals surface area contributed by atoms with Crippen molar-refractivity contribution in [3.05, 3.63) is 35.1 Å². The van der Waals surface area contributed by atoms with Gasteiger partial charge in [0.15, 0.2) is 6.10 Å². The number of benzene rings is 1. The van der Waals surface area contributed by atoms with E-state index in [1.165, 1.54) is 12.1 Å². The normalized spacial score (nSPS) is 11.8. The van der Waals surface area contributed by atoms with E-state index in [9.17, 15) is 19.1 Å². The molecule has 0 aliphatic heterocycles. The Hall–Kier alpha value is -1.95. The van der Waals surface area contributed by atoms with Crippen LogP contribution in [0.5, 0.6) is 0 Å². The molecule has 0 saturated carbocycles. The van der Waals surface area contributed by atoms with Crippen LogP contribution in [0.25, 0.3) is 0 Å². The number of aryl methyl sites for hydroxylation is 1. The summed E-state index contributed by atoms with van der Waals surface area (Å²) in [7, 11) is 1.13. The van der Waals surface area contributed by atoms with Crippen LogP contribution in [0.15, 0.2) is 18.2 Å². The highest BCUT2D eigenvalue weighted by Gasteiger charge is 2.17. The number of rotatable bonds is 4. The summed E-state index contributed by atoms with van der Waals surface area (Å²) in [5.41, 5.74) is 0.552. The molecule has 0 saturated heterocycles. The summed E-state index contributed by atoms with van der Waals surface area (Å²) >= 11 is 0. The Labute approximate surface area is 104 Å². The van der Waals surface area contributed by atoms with Gasteiger partial charge in [-0.05, 0) is 24.6 Å². The standard InChI is InChI=1S/C12H14FNO4/c1-7-3-4-8(5-9(7)13)11(16)14-6-10(15)12(17)18-2/h3-5,10,15H,6H2,1-2H3,(H,14,16). The molecule has 0 bridgehead atoms. The van der Waals surface area contributed by atoms with Crippen LogP contribution >= 0.6 is 0 Å². The van der Waals surface area contributed by atoms with Gasteiger partial charge in [0, 0.05) is 5.56 Å². The fraction of sp³-hybridized carbons (Fsp3) is 0.333. The minimum Gasteiger partial charge on any atom is -0.467 e. The Morgan fingerprint density at radius 1 is 1.50 bits per heavy atom. The Kier molecular flexibility index (Phi) is 4.79. The second-order valence-electron chi connectivity index (χ2n) is 3.71. The minimum absolute atomic E-state index is 0.121. The third-order valence-corrected chi connectivity index (χ3v) is 2.36. The van der Waals surface area contributed by atoms with Gasteiger partial charge in [-0.25, -0.2) is 9.18 Å². The molecule has 1 aromatic rings. The van der Waals surface area contributed by atoms with Gasteiger partial charge in [-0.15, -0.1) is 0 Å². The fourth-order valence-electron chi connectivity index (χ4n) is 1.24. The summed E-state index contributed by atoms with van der Waals surface area (Å²) in [6.07, 6.45) is -1.44. The number of nitrogens with one attached hydrogen (secondary N) is 1. The molecule has 1 rings (SSSR count). The van der Waals surface area contributed by atoms with E-state index >= 15 is 0 Å². The maximum Gasteiger partial charge on any atom is 0.336 e. The van der Waals surface area contributed by atoms with Crippen LogP contribution in [-0.2, 0) is 9.53 Å². The van der Waals surface area contributed by atoms with Gasteiger partial charge >= 0.3 is 5.97 Å². The first-order valence-corrected chi connectivity index (χ1v) is 5.26. The maximum atomic E-state index is 13.2. The number of ether oxygens (including phenoxy) is 1. The van der Waals surface area contributed by atoms with Crippen molar-refractivity contribution in [2.24, 2.45) is 0 Å². The molecule has 1 aromatic carbocycles. The van der Waals surface area contributed by atoms with Gasteiger partial charge in [-0.3, -0.25) is 4.79 Å². The van der Waals surface area contributed by atoms with Gasteiger partial charge in [-0.2, -0.15) is 0 Å². The van der Waals surface area contributed by atoms with E-state index in [0.717, 1.165) is 13.2 Å². The average Bonchev–Trinajstić information content (AvgIpc) is 2.37. The predicted octanol–water partition coefficient (Wildman–Crippen LogP) is 0.398. The number of esters is 1. The summed E-state index contributed by atoms with van der Waals surface area (Å²) in [5.74, 6) is -1.90. The lowest BCUT2D eigenvalue weighted by Crippen LogP contribution is -2.37. The molecule has 0 heterocycles. The topological polar surface area (TPSA) is 75.6 Å². The first kappa shape index (κ1) is 14.1. The molecule has 1 unspecified atom stereocenters. The number of amides is 1. The fourth-order valence-corrected chi connectivity index (χ4v) is 1.24. The zero-order valence-electron chi connectivity index (χ0n) is 10.1. The van der Waals surface area contributed by atoms with E-state index in [-0.39, 0.29) is 12.1 Å². The molecule has 6 heteroatoms. The number of carbonyl (C=O) groups excluding carboxylic acids is 2. The number of aliphatic hydroxyl groups is 1. The molecule has 18 heavy (non-hydrogen) atoms. The van der Waals surface area contributed by atoms with Crippen molar-refractivity contribution in [1.29, 1.82) is 0 Å². The monoisotopic (exact) mass is 255 g/mol. The zero-order valence-corrected chi connectivity index (χ0v) is 10.1. The van der Waals surface area contributed by atoms with E-state index in [0.29, 0.717) is 5.56 Å². The number of halogens is 1. The molecular weight excluding hydrogens is 241 g/mol. The quantitative estimate of drug-likeness (QED) is 0.763. The van der Waals surface area contributed by atoms with Crippen LogP contribution in [0.3, 0.4) is 0 Å². The zero-order chi connectivity index (χ0) is 13.7. The molecular formula is C12H14FNO4. The molecule has 1 amide bonds. The molecule has 1 atom stereocenters. The number of methoxy groups -OCH3 is 1. The van der Waals surface area contributed by atoms with Gasteiger partial charge < -0.3 is 15.2 Å². The average molecular weight is 255 g/mol. The first-order chi connectivity index (χ1) is 8.45. The molecule has 98 valence electrons. The van der Waals surface area contributed by atoms with Gasteiger partial charge in [0.2, 0.25) is 0 Å². The largest absolute Gasteiger partial charge is 0.467 e. The Morgan fingerprint density at radius 3 is 2.72 bits per heavy atom. The number of carbonyl (C=O) groups is 2. The smallest absolute Gasteiger partial charge is 0.336 e. The molecule has 5 nitrogen and oxygen atoms in total. The number of hydrogen-bond acceptors (Lipinski definition) is 4. The number of aliphatic hydroxyl groups excluding tert-OH is 1. The summed E-state index contributed by atoms with van der Waals surface area (Å²) in [6, 6.07) is 4.02. The lowest BCUT2D eigenvalue weighted by Gasteiger charge is -2.10. The molecule has 0 aliphatic carbocycles. The van der Waals surface area contributed by atoms with Gasteiger partial charge in [0.05, 0.1) is 13.7 Å². The molecule has 0 aliphatic rings. The van der Waals surface area contributed by atoms with E-state index in [1.54, 1.807) is 6.92 Å². The van der Waals surface area contributed by atoms with E-state index in [4.69, 9.17) is 0 Å². The third-order valence-electron chi connectivity index (χ3n) is 2.36. The molecule has 0 radical (unpaired) electrons. The minimum atomic E-state index is -1.44. The van der Waals surface area contributed by atoms with Crippen molar-refractivity contribution >= 4 is 11.9 Å². The van der Waals surface area contributed by atoms with Crippen molar-refractivity contribution in [2.45, 2.75) is 13.0 Å². The van der Waals surface area contributed by atoms with Gasteiger partial charge in [-0.1, -0.05) is 6.07 Å². The molecule has 0 fully saturated rings. The summed E-state index contributed by atoms with van der Waals surface area (Å²) < 4.78 is 17.5. The lowest BCUT2D eigenvalue weighted by atomic mass is 10.1. The van der Waals surface area contributed by atoms with Crippen LogP contribution < -0.4 is 5.32 Å². The van der Waals surface area contributed by atoms with Crippen LogP contribution in [0.1, 0.15) is 15.9 Å². The predicted molar refractivity (Wildman–Crippen MR) is 61.5 cm³/mol. The van der Waals surface area contributed by atoms with E-state index < -0.39 is 23.8 Å². The van der Waals surface area contributed by atoms with Gasteiger partial charge in [0.25, 0.3) is 5.91 Å². The van der Waals surface area contributed by atoms with Crippen LogP contribution in [0.4, 0.5) is 4.39 Å². The highest BCUT2D eigenvalue weighted by molar-refractivity contribution is 5.94. The highest BCUT2D eigenvalue weighted by Crippen LogP contribution is 2.08. The van der Waals surface area contributed by atoms with Crippen molar-refractivity contribution in [2.75, 3.05) is 13.7 Å². The SMILES string of the molecule is COC(=O)C(O)CNC(=O)c1ccc(C)c(F)c1. The maximum absolute atomic E-state index is 13.2. The van der Waals surface area contributed by atoms with Crippen molar-refractivity contribution in [1.82, 2.24) is 5.32 Å². The van der Waals surface area contributed by atoms with Crippen LogP contribution in [0.2, 0.25) is 0 Å². The second kappa shape index (κ2) is 6.11. The Morgan fingerprint density at radius 2 is 2.17 bits per heavy atom. The molecule has 0 aromatic heterocycles. The van der Waals surface area contributed by atoms with Gasteiger partial charge in [0.1, 0.15) is 5.82 Å². The van der Waals surface area contributed by atoms with Crippen LogP contribution in [0, 0.1) is 12.7 Å². The van der Waals surface area contributed by atoms with Crippen LogP contribution in [-0.4, -0.2) is 36.7 Å². The lowest BCUT2D eigenvalue weighted by molar-refractivity contribution is -0.149. The Bertz CT molecular complexity index is 461. The summed E-state index contributed by atoms with van der Waals surface area (Å²) in [5, 5.41) is 11.6. The molecule has 2 N–H and O–H groups in total. The molecule has 0 spiro atoms. The second-order valence-corrected chi connectivity index (χ2v) is 3.71. The third kappa shape index (κ3) is 3.53. The summed E-state index contributed by atoms with van der Waals surface area (Å²) in [6.45, 7) is 1.29. The van der Waals surface area contributed by atoms with E-state index in [2.05, 4.69) is 10.1 Å². The summed E-state index contributed by atoms with van der Waals surface area (Å²) in [4.78, 5) is 22.5. The van der Waals surface area contributed by atoms with E-state index in [1.807, 2.05) is 0 Å². The Balaban J connectivity index is 2.60. The van der Waals surface area contributed by atoms with Crippen molar-refractivity contribution < 1.29 is 23.8 Å². The number of hydrogen-bond donors (Lipinski definition) is 2. The first-order valence-electron chi connectivity index (χ1n) is 5.26. The van der Waals surface area contributed by atoms with Crippen molar-refractivity contribution in [3.8, 4) is 0 Å². The highest BCUT2D eigenvalue weighted by atomic mass is 19.1.